The van der Waals surface area contributed by atoms with Crippen LogP contribution in [0.1, 0.15) is 24.6 Å². The van der Waals surface area contributed by atoms with Gasteiger partial charge in [0.15, 0.2) is 11.6 Å². The zero-order valence-electron chi connectivity index (χ0n) is 18.0. The molecule has 15 heteroatoms. The zero-order chi connectivity index (χ0) is 24.8. The lowest BCUT2D eigenvalue weighted by atomic mass is 10.1. The Balaban J connectivity index is 1.96. The fourth-order valence-corrected chi connectivity index (χ4v) is 4.73. The molecule has 0 spiro atoms. The number of halogens is 1. The molecule has 13 nitrogen and oxygen atoms in total. The van der Waals surface area contributed by atoms with Crippen LogP contribution in [0.15, 0.2) is 16.0 Å². The minimum absolute atomic E-state index is 0.0540. The Morgan fingerprint density at radius 1 is 1.41 bits per heavy atom. The zero-order valence-corrected chi connectivity index (χ0v) is 18.8. The molecule has 1 saturated carbocycles. The van der Waals surface area contributed by atoms with E-state index in [1.807, 2.05) is 0 Å². The maximum absolute atomic E-state index is 15.2. The van der Waals surface area contributed by atoms with E-state index >= 15 is 4.39 Å². The Kier molecular flexibility index (Phi) is 6.18. The normalized spacial score (nSPS) is 19.7. The summed E-state index contributed by atoms with van der Waals surface area (Å²) in [5.41, 5.74) is 4.88. The topological polar surface area (TPSA) is 187 Å². The van der Waals surface area contributed by atoms with Gasteiger partial charge in [-0.3, -0.25) is 9.35 Å². The summed E-state index contributed by atoms with van der Waals surface area (Å²) in [4.78, 5) is 35.0. The summed E-state index contributed by atoms with van der Waals surface area (Å²) in [6, 6.07) is 0.566. The summed E-state index contributed by atoms with van der Waals surface area (Å²) >= 11 is 0. The van der Waals surface area contributed by atoms with Crippen molar-refractivity contribution in [1.82, 2.24) is 9.55 Å². The van der Waals surface area contributed by atoms with Crippen LogP contribution >= 0.6 is 0 Å². The van der Waals surface area contributed by atoms with Gasteiger partial charge in [-0.1, -0.05) is 5.16 Å². The lowest BCUT2D eigenvalue weighted by molar-refractivity contribution is 0.143. The molecule has 0 amide bonds. The molecule has 1 saturated heterocycles. The monoisotopic (exact) mass is 499 g/mol. The van der Waals surface area contributed by atoms with E-state index in [4.69, 9.17) is 15.7 Å². The highest BCUT2D eigenvalue weighted by atomic mass is 32.2. The molecule has 4 N–H and O–H groups in total. The molecule has 0 radical (unpaired) electrons. The van der Waals surface area contributed by atoms with Gasteiger partial charge in [0.1, 0.15) is 18.5 Å². The average molecular weight is 499 g/mol. The first-order valence-corrected chi connectivity index (χ1v) is 11.8. The predicted molar refractivity (Wildman–Crippen MR) is 117 cm³/mol. The third-order valence-corrected chi connectivity index (χ3v) is 6.29. The van der Waals surface area contributed by atoms with Crippen molar-refractivity contribution in [3.8, 4) is 5.75 Å². The lowest BCUT2D eigenvalue weighted by Crippen LogP contribution is -2.27. The number of hydrogen-bond donors (Lipinski definition) is 3. The van der Waals surface area contributed by atoms with Crippen LogP contribution in [-0.2, 0) is 20.7 Å². The average Bonchev–Trinajstić information content (AvgIpc) is 3.50. The van der Waals surface area contributed by atoms with Gasteiger partial charge in [0.2, 0.25) is 11.2 Å². The summed E-state index contributed by atoms with van der Waals surface area (Å²) in [7, 11) is -3.32. The molecule has 4 rings (SSSR count). The van der Waals surface area contributed by atoms with E-state index in [0.29, 0.717) is 18.6 Å². The number of carbonyl (C=O) groups is 1. The Bertz CT molecular complexity index is 1350. The molecule has 2 aromatic heterocycles. The molecular formula is C19H22FN5O8S. The van der Waals surface area contributed by atoms with Crippen molar-refractivity contribution in [2.75, 3.05) is 31.6 Å². The van der Waals surface area contributed by atoms with Gasteiger partial charge in [0, 0.05) is 25.0 Å². The van der Waals surface area contributed by atoms with Crippen LogP contribution in [0.25, 0.3) is 11.0 Å². The number of aromatic nitrogens is 2. The molecule has 2 aromatic rings. The number of hydrogen-bond acceptors (Lipinski definition) is 10. The molecule has 3 heterocycles. The minimum Gasteiger partial charge on any atom is -0.449 e. The Morgan fingerprint density at radius 2 is 2.12 bits per heavy atom. The van der Waals surface area contributed by atoms with E-state index < -0.39 is 39.0 Å². The van der Waals surface area contributed by atoms with Gasteiger partial charge in [-0.15, -0.1) is 0 Å². The molecule has 2 aliphatic rings. The second kappa shape index (κ2) is 8.81. The Morgan fingerprint density at radius 3 is 2.68 bits per heavy atom. The van der Waals surface area contributed by atoms with Crippen LogP contribution in [0.5, 0.6) is 5.75 Å². The number of rotatable bonds is 7. The Labute approximate surface area is 192 Å². The van der Waals surface area contributed by atoms with Crippen LogP contribution in [0.3, 0.4) is 0 Å². The maximum Gasteiger partial charge on any atom is 0.511 e. The maximum atomic E-state index is 15.2. The van der Waals surface area contributed by atoms with Gasteiger partial charge in [0.05, 0.1) is 23.3 Å². The number of pyridine rings is 2. The summed E-state index contributed by atoms with van der Waals surface area (Å²) in [5, 5.41) is 12.7. The molecule has 0 bridgehead atoms. The van der Waals surface area contributed by atoms with Crippen molar-refractivity contribution in [3.05, 3.63) is 27.8 Å². The number of anilines is 1. The van der Waals surface area contributed by atoms with Crippen LogP contribution in [-0.4, -0.2) is 66.2 Å². The van der Waals surface area contributed by atoms with E-state index in [2.05, 4.69) is 14.9 Å². The van der Waals surface area contributed by atoms with E-state index in [0.717, 1.165) is 6.07 Å². The summed E-state index contributed by atoms with van der Waals surface area (Å²) in [6.07, 6.45) is -0.725. The quantitative estimate of drug-likeness (QED) is 0.277. The smallest absolute Gasteiger partial charge is 0.449 e. The lowest BCUT2D eigenvalue weighted by Gasteiger charge is -2.21. The summed E-state index contributed by atoms with van der Waals surface area (Å²) in [5.74, 6) is -3.10. The van der Waals surface area contributed by atoms with Crippen LogP contribution in [0.2, 0.25) is 0 Å². The molecule has 2 fully saturated rings. The third kappa shape index (κ3) is 4.53. The molecule has 0 unspecified atom stereocenters. The number of ether oxygens (including phenoxy) is 1. The van der Waals surface area contributed by atoms with Crippen molar-refractivity contribution >= 4 is 38.8 Å². The van der Waals surface area contributed by atoms with Gasteiger partial charge < -0.3 is 29.9 Å². The van der Waals surface area contributed by atoms with E-state index in [9.17, 15) is 22.6 Å². The molecule has 34 heavy (non-hydrogen) atoms. The summed E-state index contributed by atoms with van der Waals surface area (Å²) < 4.78 is 53.9. The van der Waals surface area contributed by atoms with Crippen LogP contribution in [0, 0.1) is 11.7 Å². The van der Waals surface area contributed by atoms with Crippen molar-refractivity contribution in [3.63, 3.8) is 0 Å². The van der Waals surface area contributed by atoms with Gasteiger partial charge in [-0.25, -0.2) is 14.2 Å². The largest absolute Gasteiger partial charge is 0.511 e. The Hall–Kier alpha value is -3.30. The van der Waals surface area contributed by atoms with Gasteiger partial charge in [-0.2, -0.15) is 8.42 Å². The predicted octanol–water partition coefficient (Wildman–Crippen LogP) is 0.712. The fourth-order valence-electron chi connectivity index (χ4n) is 4.11. The second-order valence-corrected chi connectivity index (χ2v) is 9.50. The number of nitrogens with two attached hydrogens (primary N) is 1. The van der Waals surface area contributed by atoms with Gasteiger partial charge >= 0.3 is 6.16 Å². The first kappa shape index (κ1) is 23.8. The highest BCUT2D eigenvalue weighted by molar-refractivity contribution is 7.85. The molecular weight excluding hydrogens is 477 g/mol. The molecule has 0 aromatic carbocycles. The van der Waals surface area contributed by atoms with Crippen LogP contribution in [0.4, 0.5) is 15.0 Å². The first-order chi connectivity index (χ1) is 16.0. The van der Waals surface area contributed by atoms with Gasteiger partial charge in [-0.05, 0) is 18.9 Å². The summed E-state index contributed by atoms with van der Waals surface area (Å²) in [6.45, 7) is 0.672. The standard InChI is InChI=1S/C19H22FN5O8S/c1-32-23-13-7-24(6-9(13)5-21)18-12(20)4-11-15(26)16(33-19(27)28)14(8-34(29,30)31)25(10-2-3-10)17(11)22-18/h4,9-10H,2-3,5-8,21H2,1H3,(H,27,28)(H,29,30,31)/t9-/m1/s1. The first-order valence-electron chi connectivity index (χ1n) is 10.2. The number of carboxylic acid groups (broad SMARTS) is 1. The van der Waals surface area contributed by atoms with Crippen molar-refractivity contribution < 1.29 is 36.8 Å². The molecule has 1 aliphatic carbocycles. The highest BCUT2D eigenvalue weighted by Crippen LogP contribution is 2.40. The van der Waals surface area contributed by atoms with Crippen LogP contribution < -0.4 is 20.8 Å². The fraction of sp³-hybridized carbons (Fsp3) is 0.474. The number of fused-ring (bicyclic) bond motifs is 1. The second-order valence-electron chi connectivity index (χ2n) is 8.04. The third-order valence-electron chi connectivity index (χ3n) is 5.65. The number of oxime groups is 1. The highest BCUT2D eigenvalue weighted by Gasteiger charge is 2.35. The molecule has 1 aliphatic heterocycles. The minimum atomic E-state index is -4.70. The molecule has 1 atom stereocenters. The SMILES string of the molecule is CON=C1CN(c2nc3c(cc2F)c(=O)c(OC(=O)O)c(CS(=O)(=O)O)n3C2CC2)C[C@H]1CN. The van der Waals surface area contributed by atoms with E-state index in [-0.39, 0.29) is 54.1 Å². The van der Waals surface area contributed by atoms with E-state index in [1.54, 1.807) is 4.90 Å². The van der Waals surface area contributed by atoms with Crippen molar-refractivity contribution in [2.45, 2.75) is 24.6 Å². The van der Waals surface area contributed by atoms with Gasteiger partial charge in [0.25, 0.3) is 10.1 Å². The van der Waals surface area contributed by atoms with E-state index in [1.165, 1.54) is 11.7 Å². The molecule has 184 valence electrons. The van der Waals surface area contributed by atoms with Crippen molar-refractivity contribution in [2.24, 2.45) is 16.8 Å². The number of nitrogens with zero attached hydrogens (tertiary/aromatic N) is 4. The van der Waals surface area contributed by atoms with Crippen molar-refractivity contribution in [1.29, 1.82) is 0 Å².